The molecule has 2 N–H and O–H groups in total. The molecule has 0 aromatic heterocycles. The van der Waals surface area contributed by atoms with Crippen molar-refractivity contribution in [1.29, 1.82) is 0 Å². The van der Waals surface area contributed by atoms with Crippen LogP contribution in [-0.4, -0.2) is 29.1 Å². The number of nitrogens with one attached hydrogen (secondary N) is 1. The van der Waals surface area contributed by atoms with Crippen LogP contribution < -0.4 is 5.32 Å². The van der Waals surface area contributed by atoms with Gasteiger partial charge in [0.25, 0.3) is 11.6 Å². The van der Waals surface area contributed by atoms with Crippen LogP contribution in [0.4, 0.5) is 5.69 Å². The van der Waals surface area contributed by atoms with E-state index in [-0.39, 0.29) is 23.6 Å². The van der Waals surface area contributed by atoms with E-state index in [0.717, 1.165) is 12.8 Å². The van der Waals surface area contributed by atoms with Crippen molar-refractivity contribution in [2.75, 3.05) is 13.2 Å². The monoisotopic (exact) mass is 264 g/mol. The summed E-state index contributed by atoms with van der Waals surface area (Å²) in [4.78, 5) is 22.3. The number of nitrogens with zero attached hydrogens (tertiary/aromatic N) is 1. The summed E-state index contributed by atoms with van der Waals surface area (Å²) in [5, 5.41) is 22.7. The number of amides is 1. The van der Waals surface area contributed by atoms with Gasteiger partial charge in [0, 0.05) is 29.2 Å². The van der Waals surface area contributed by atoms with Gasteiger partial charge in [-0.1, -0.05) is 6.07 Å². The Balaban J connectivity index is 2.11. The van der Waals surface area contributed by atoms with E-state index in [0.29, 0.717) is 17.7 Å². The van der Waals surface area contributed by atoms with Crippen molar-refractivity contribution in [2.45, 2.75) is 19.8 Å². The third-order valence-electron chi connectivity index (χ3n) is 3.66. The zero-order valence-electron chi connectivity index (χ0n) is 10.7. The zero-order valence-corrected chi connectivity index (χ0v) is 10.7. The minimum Gasteiger partial charge on any atom is -0.396 e. The molecule has 6 nitrogen and oxygen atoms in total. The number of benzene rings is 1. The molecular weight excluding hydrogens is 248 g/mol. The van der Waals surface area contributed by atoms with Gasteiger partial charge in [0.05, 0.1) is 11.5 Å². The summed E-state index contributed by atoms with van der Waals surface area (Å²) in [6.45, 7) is 2.03. The number of nitro benzene ring substituents is 1. The molecule has 1 saturated carbocycles. The molecule has 0 bridgehead atoms. The van der Waals surface area contributed by atoms with Crippen LogP contribution in [0.15, 0.2) is 18.2 Å². The van der Waals surface area contributed by atoms with Crippen molar-refractivity contribution in [1.82, 2.24) is 5.32 Å². The first-order chi connectivity index (χ1) is 8.99. The normalized spacial score (nSPS) is 15.9. The largest absolute Gasteiger partial charge is 0.396 e. The zero-order chi connectivity index (χ0) is 14.0. The van der Waals surface area contributed by atoms with E-state index in [1.165, 1.54) is 12.1 Å². The molecule has 102 valence electrons. The van der Waals surface area contributed by atoms with Crippen LogP contribution in [0, 0.1) is 22.5 Å². The van der Waals surface area contributed by atoms with Crippen LogP contribution in [0.5, 0.6) is 0 Å². The van der Waals surface area contributed by atoms with Crippen molar-refractivity contribution in [2.24, 2.45) is 5.41 Å². The van der Waals surface area contributed by atoms with Gasteiger partial charge in [-0.2, -0.15) is 0 Å². The van der Waals surface area contributed by atoms with Crippen LogP contribution in [0.2, 0.25) is 0 Å². The molecule has 0 atom stereocenters. The number of carbonyl (C=O) groups excluding carboxylic acids is 1. The van der Waals surface area contributed by atoms with Gasteiger partial charge in [-0.3, -0.25) is 14.9 Å². The molecule has 0 aliphatic heterocycles. The van der Waals surface area contributed by atoms with Crippen molar-refractivity contribution in [3.63, 3.8) is 0 Å². The minimum atomic E-state index is -0.498. The summed E-state index contributed by atoms with van der Waals surface area (Å²) in [6.07, 6.45) is 1.80. The molecule has 0 unspecified atom stereocenters. The number of aliphatic hydroxyl groups excluding tert-OH is 1. The summed E-state index contributed by atoms with van der Waals surface area (Å²) in [7, 11) is 0. The lowest BCUT2D eigenvalue weighted by atomic mass is 10.1. The van der Waals surface area contributed by atoms with Crippen LogP contribution in [0.3, 0.4) is 0 Å². The van der Waals surface area contributed by atoms with Crippen molar-refractivity contribution < 1.29 is 14.8 Å². The average molecular weight is 264 g/mol. The average Bonchev–Trinajstić information content (AvgIpc) is 3.16. The Kier molecular flexibility index (Phi) is 3.53. The second-order valence-electron chi connectivity index (χ2n) is 5.05. The minimum absolute atomic E-state index is 0.0567. The van der Waals surface area contributed by atoms with Crippen molar-refractivity contribution in [3.05, 3.63) is 39.4 Å². The smallest absolute Gasteiger partial charge is 0.273 e. The van der Waals surface area contributed by atoms with Gasteiger partial charge >= 0.3 is 0 Å². The summed E-state index contributed by atoms with van der Waals surface area (Å²) >= 11 is 0. The van der Waals surface area contributed by atoms with Crippen LogP contribution in [-0.2, 0) is 0 Å². The Bertz CT molecular complexity index is 523. The summed E-state index contributed by atoms with van der Waals surface area (Å²) < 4.78 is 0. The number of hydrogen-bond acceptors (Lipinski definition) is 4. The maximum absolute atomic E-state index is 12.0. The highest BCUT2D eigenvalue weighted by Crippen LogP contribution is 2.44. The molecule has 0 radical (unpaired) electrons. The SMILES string of the molecule is Cc1c(C(=O)NCC2(CO)CC2)cccc1[N+](=O)[O-]. The highest BCUT2D eigenvalue weighted by molar-refractivity contribution is 5.96. The lowest BCUT2D eigenvalue weighted by Crippen LogP contribution is -2.32. The number of carbonyl (C=O) groups is 1. The second-order valence-corrected chi connectivity index (χ2v) is 5.05. The number of aliphatic hydroxyl groups is 1. The fourth-order valence-electron chi connectivity index (χ4n) is 2.00. The summed E-state index contributed by atoms with van der Waals surface area (Å²) in [5.74, 6) is -0.332. The van der Waals surface area contributed by atoms with Gasteiger partial charge in [-0.05, 0) is 25.8 Å². The predicted octanol–water partition coefficient (Wildman–Crippen LogP) is 1.41. The molecule has 1 fully saturated rings. The topological polar surface area (TPSA) is 92.5 Å². The van der Waals surface area contributed by atoms with Gasteiger partial charge in [0.15, 0.2) is 0 Å². The Morgan fingerprint density at radius 3 is 2.74 bits per heavy atom. The highest BCUT2D eigenvalue weighted by Gasteiger charge is 2.42. The van der Waals surface area contributed by atoms with E-state index in [4.69, 9.17) is 0 Å². The number of rotatable bonds is 5. The standard InChI is InChI=1S/C13H16N2O4/c1-9-10(3-2-4-11(9)15(18)19)12(17)14-7-13(8-16)5-6-13/h2-4,16H,5-8H2,1H3,(H,14,17). The molecule has 1 aromatic rings. The van der Waals surface area contributed by atoms with Crippen LogP contribution in [0.1, 0.15) is 28.8 Å². The van der Waals surface area contributed by atoms with Gasteiger partial charge < -0.3 is 10.4 Å². The Labute approximate surface area is 110 Å². The van der Waals surface area contributed by atoms with Crippen LogP contribution in [0.25, 0.3) is 0 Å². The molecule has 0 spiro atoms. The Morgan fingerprint density at radius 1 is 1.53 bits per heavy atom. The second kappa shape index (κ2) is 4.97. The van der Waals surface area contributed by atoms with E-state index >= 15 is 0 Å². The van der Waals surface area contributed by atoms with E-state index in [1.807, 2.05) is 0 Å². The van der Waals surface area contributed by atoms with Gasteiger partial charge in [-0.15, -0.1) is 0 Å². The quantitative estimate of drug-likeness (QED) is 0.621. The molecule has 6 heteroatoms. The summed E-state index contributed by atoms with van der Waals surface area (Å²) in [6, 6.07) is 4.44. The third kappa shape index (κ3) is 2.73. The maximum Gasteiger partial charge on any atom is 0.273 e. The van der Waals surface area contributed by atoms with Gasteiger partial charge in [-0.25, -0.2) is 0 Å². The molecule has 1 aromatic carbocycles. The first-order valence-corrected chi connectivity index (χ1v) is 6.12. The molecule has 19 heavy (non-hydrogen) atoms. The molecular formula is C13H16N2O4. The van der Waals surface area contributed by atoms with E-state index < -0.39 is 4.92 Å². The first kappa shape index (κ1) is 13.5. The lowest BCUT2D eigenvalue weighted by molar-refractivity contribution is -0.385. The fraction of sp³-hybridized carbons (Fsp3) is 0.462. The van der Waals surface area contributed by atoms with Gasteiger partial charge in [0.2, 0.25) is 0 Å². The molecule has 2 rings (SSSR count). The fourth-order valence-corrected chi connectivity index (χ4v) is 2.00. The van der Waals surface area contributed by atoms with Crippen molar-refractivity contribution in [3.8, 4) is 0 Å². The van der Waals surface area contributed by atoms with E-state index in [2.05, 4.69) is 5.32 Å². The Morgan fingerprint density at radius 2 is 2.21 bits per heavy atom. The Hall–Kier alpha value is -1.95. The molecule has 1 amide bonds. The molecule has 1 aliphatic rings. The number of hydrogen-bond donors (Lipinski definition) is 2. The first-order valence-electron chi connectivity index (χ1n) is 6.12. The lowest BCUT2D eigenvalue weighted by Gasteiger charge is -2.13. The van der Waals surface area contributed by atoms with Gasteiger partial charge in [0.1, 0.15) is 0 Å². The highest BCUT2D eigenvalue weighted by atomic mass is 16.6. The van der Waals surface area contributed by atoms with Crippen LogP contribution >= 0.6 is 0 Å². The van der Waals surface area contributed by atoms with E-state index in [1.54, 1.807) is 13.0 Å². The van der Waals surface area contributed by atoms with Crippen molar-refractivity contribution >= 4 is 11.6 Å². The number of nitro groups is 1. The molecule has 0 saturated heterocycles. The third-order valence-corrected chi connectivity index (χ3v) is 3.66. The molecule has 1 aliphatic carbocycles. The van der Waals surface area contributed by atoms with E-state index in [9.17, 15) is 20.0 Å². The maximum atomic E-state index is 12.0. The predicted molar refractivity (Wildman–Crippen MR) is 68.9 cm³/mol. The molecule has 0 heterocycles. The summed E-state index contributed by atoms with van der Waals surface area (Å²) in [5.41, 5.74) is 0.433.